The molecule has 0 aliphatic carbocycles. The fourth-order valence-corrected chi connectivity index (χ4v) is 5.81. The van der Waals surface area contributed by atoms with Crippen LogP contribution in [-0.2, 0) is 16.4 Å². The minimum Gasteiger partial charge on any atom is -0.341 e. The van der Waals surface area contributed by atoms with E-state index in [0.29, 0.717) is 18.7 Å². The Hall–Kier alpha value is -3.97. The Morgan fingerprint density at radius 2 is 1.56 bits per heavy atom. The molecule has 1 aliphatic rings. The highest BCUT2D eigenvalue weighted by Crippen LogP contribution is 2.33. The Labute approximate surface area is 199 Å². The van der Waals surface area contributed by atoms with Crippen molar-refractivity contribution in [2.45, 2.75) is 17.4 Å². The predicted molar refractivity (Wildman–Crippen MR) is 131 cm³/mol. The van der Waals surface area contributed by atoms with E-state index in [-0.39, 0.29) is 16.4 Å². The Morgan fingerprint density at radius 1 is 0.853 bits per heavy atom. The molecule has 0 fully saturated rings. The first-order chi connectivity index (χ1) is 16.5. The van der Waals surface area contributed by atoms with Gasteiger partial charge in [-0.2, -0.15) is 0 Å². The lowest BCUT2D eigenvalue weighted by Crippen LogP contribution is -2.31. The highest BCUT2D eigenvalue weighted by Gasteiger charge is 2.31. The summed E-state index contributed by atoms with van der Waals surface area (Å²) in [6.45, 7) is 0.385. The zero-order chi connectivity index (χ0) is 23.5. The van der Waals surface area contributed by atoms with Crippen LogP contribution >= 0.6 is 0 Å². The summed E-state index contributed by atoms with van der Waals surface area (Å²) in [5.74, 6) is -0.357. The molecular weight excluding hydrogens is 446 g/mol. The maximum absolute atomic E-state index is 13.4. The lowest BCUT2D eigenvalue weighted by molar-refractivity contribution is 0.0942. The molecule has 1 aliphatic heterocycles. The van der Waals surface area contributed by atoms with Gasteiger partial charge in [-0.25, -0.2) is 8.42 Å². The number of nitrogens with one attached hydrogen (secondary N) is 1. The van der Waals surface area contributed by atoms with E-state index in [0.717, 1.165) is 16.7 Å². The average Bonchev–Trinajstić information content (AvgIpc) is 3.33. The van der Waals surface area contributed by atoms with E-state index in [1.54, 1.807) is 24.5 Å². The number of carbonyl (C=O) groups is 1. The molecule has 1 atom stereocenters. The molecule has 0 saturated heterocycles. The lowest BCUT2D eigenvalue weighted by Gasteiger charge is -2.21. The molecule has 4 aromatic rings. The van der Waals surface area contributed by atoms with Gasteiger partial charge in [0.25, 0.3) is 15.9 Å². The summed E-state index contributed by atoms with van der Waals surface area (Å²) in [6.07, 6.45) is 4.03. The number of hydrogen-bond acceptors (Lipinski definition) is 4. The number of fused-ring (bicyclic) bond motifs is 1. The second kappa shape index (κ2) is 9.11. The summed E-state index contributed by atoms with van der Waals surface area (Å²) in [5.41, 5.74) is 3.78. The smallest absolute Gasteiger partial charge is 0.264 e. The molecule has 34 heavy (non-hydrogen) atoms. The number of para-hydroxylation sites is 1. The van der Waals surface area contributed by atoms with E-state index in [1.165, 1.54) is 16.4 Å². The van der Waals surface area contributed by atoms with Crippen molar-refractivity contribution >= 4 is 21.6 Å². The van der Waals surface area contributed by atoms with Gasteiger partial charge in [0.2, 0.25) is 0 Å². The fourth-order valence-electron chi connectivity index (χ4n) is 4.26. The zero-order valence-corrected chi connectivity index (χ0v) is 19.2. The molecule has 170 valence electrons. The summed E-state index contributed by atoms with van der Waals surface area (Å²) < 4.78 is 28.3. The minimum atomic E-state index is -3.80. The second-order valence-corrected chi connectivity index (χ2v) is 9.94. The van der Waals surface area contributed by atoms with Crippen LogP contribution in [0, 0.1) is 0 Å². The number of nitrogens with zero attached hydrogens (tertiary/aromatic N) is 2. The molecule has 2 heterocycles. The molecule has 0 bridgehead atoms. The molecular formula is C27H23N3O3S. The number of hydrogen-bond donors (Lipinski definition) is 1. The Morgan fingerprint density at radius 3 is 2.35 bits per heavy atom. The largest absolute Gasteiger partial charge is 0.341 e. The van der Waals surface area contributed by atoms with E-state index >= 15 is 0 Å². The number of sulfonamides is 1. The van der Waals surface area contributed by atoms with Crippen LogP contribution in [0.4, 0.5) is 5.69 Å². The Balaban J connectivity index is 1.44. The van der Waals surface area contributed by atoms with Crippen LogP contribution in [0.5, 0.6) is 0 Å². The third-order valence-electron chi connectivity index (χ3n) is 5.98. The normalized spacial score (nSPS) is 13.8. The quantitative estimate of drug-likeness (QED) is 0.455. The number of benzene rings is 3. The lowest BCUT2D eigenvalue weighted by atomic mass is 9.99. The van der Waals surface area contributed by atoms with Gasteiger partial charge in [0.15, 0.2) is 0 Å². The number of rotatable bonds is 6. The fraction of sp³-hybridized carbons (Fsp3) is 0.111. The van der Waals surface area contributed by atoms with Crippen molar-refractivity contribution in [3.05, 3.63) is 126 Å². The third kappa shape index (κ3) is 4.18. The van der Waals surface area contributed by atoms with Crippen molar-refractivity contribution in [3.63, 3.8) is 0 Å². The number of aromatic nitrogens is 1. The van der Waals surface area contributed by atoms with E-state index < -0.39 is 16.1 Å². The van der Waals surface area contributed by atoms with E-state index in [4.69, 9.17) is 0 Å². The standard InChI is InChI=1S/C27H23N3O3S/c31-27(29-26(21-8-2-1-3-9-21)22-13-16-28-17-14-22)23-10-6-11-24(19-23)34(32,33)30-18-15-20-7-4-5-12-25(20)30/h1-14,16-17,19,26H,15,18H2,(H,29,31). The molecule has 1 aromatic heterocycles. The first kappa shape index (κ1) is 21.9. The van der Waals surface area contributed by atoms with Gasteiger partial charge in [0, 0.05) is 24.5 Å². The van der Waals surface area contributed by atoms with Crippen LogP contribution in [0.2, 0.25) is 0 Å². The molecule has 0 radical (unpaired) electrons. The highest BCUT2D eigenvalue weighted by atomic mass is 32.2. The van der Waals surface area contributed by atoms with Gasteiger partial charge >= 0.3 is 0 Å². The number of pyridine rings is 1. The zero-order valence-electron chi connectivity index (χ0n) is 18.3. The topological polar surface area (TPSA) is 79.4 Å². The SMILES string of the molecule is O=C(NC(c1ccccc1)c1ccncc1)c1cccc(S(=O)(=O)N2CCc3ccccc32)c1. The van der Waals surface area contributed by atoms with Crippen molar-refractivity contribution in [1.29, 1.82) is 0 Å². The molecule has 0 spiro atoms. The second-order valence-electron chi connectivity index (χ2n) is 8.08. The average molecular weight is 470 g/mol. The maximum Gasteiger partial charge on any atom is 0.264 e. The van der Waals surface area contributed by atoms with Crippen molar-refractivity contribution in [1.82, 2.24) is 10.3 Å². The van der Waals surface area contributed by atoms with Crippen molar-refractivity contribution in [2.24, 2.45) is 0 Å². The van der Waals surface area contributed by atoms with Crippen LogP contribution in [0.15, 0.2) is 108 Å². The number of carbonyl (C=O) groups excluding carboxylic acids is 1. The van der Waals surface area contributed by atoms with Crippen molar-refractivity contribution in [2.75, 3.05) is 10.8 Å². The molecule has 1 N–H and O–H groups in total. The van der Waals surface area contributed by atoms with Gasteiger partial charge in [0.1, 0.15) is 0 Å². The summed E-state index contributed by atoms with van der Waals surface area (Å²) in [7, 11) is -3.80. The maximum atomic E-state index is 13.4. The Bertz CT molecular complexity index is 1380. The predicted octanol–water partition coefficient (Wildman–Crippen LogP) is 4.35. The summed E-state index contributed by atoms with van der Waals surface area (Å²) in [5, 5.41) is 3.05. The highest BCUT2D eigenvalue weighted by molar-refractivity contribution is 7.92. The minimum absolute atomic E-state index is 0.0945. The van der Waals surface area contributed by atoms with Crippen LogP contribution in [0.25, 0.3) is 0 Å². The van der Waals surface area contributed by atoms with Crippen molar-refractivity contribution < 1.29 is 13.2 Å². The first-order valence-corrected chi connectivity index (χ1v) is 12.4. The van der Waals surface area contributed by atoms with Crippen molar-refractivity contribution in [3.8, 4) is 0 Å². The molecule has 1 amide bonds. The van der Waals surface area contributed by atoms with Gasteiger partial charge in [-0.1, -0.05) is 54.6 Å². The van der Waals surface area contributed by atoms with Crippen LogP contribution in [0.3, 0.4) is 0 Å². The molecule has 0 saturated carbocycles. The van der Waals surface area contributed by atoms with Gasteiger partial charge < -0.3 is 5.32 Å². The van der Waals surface area contributed by atoms with E-state index in [2.05, 4.69) is 10.3 Å². The summed E-state index contributed by atoms with van der Waals surface area (Å²) in [4.78, 5) is 17.4. The molecule has 7 heteroatoms. The molecule has 5 rings (SSSR count). The summed E-state index contributed by atoms with van der Waals surface area (Å²) in [6, 6.07) is 26.6. The van der Waals surface area contributed by atoms with Gasteiger partial charge in [-0.15, -0.1) is 0 Å². The third-order valence-corrected chi connectivity index (χ3v) is 7.79. The van der Waals surface area contributed by atoms with Crippen LogP contribution in [0.1, 0.15) is 33.1 Å². The molecule has 1 unspecified atom stereocenters. The Kier molecular flexibility index (Phi) is 5.86. The van der Waals surface area contributed by atoms with Crippen LogP contribution < -0.4 is 9.62 Å². The molecule has 3 aromatic carbocycles. The molecule has 6 nitrogen and oxygen atoms in total. The first-order valence-electron chi connectivity index (χ1n) is 11.0. The number of amides is 1. The van der Waals surface area contributed by atoms with Gasteiger partial charge in [-0.05, 0) is 59.5 Å². The van der Waals surface area contributed by atoms with E-state index in [1.807, 2.05) is 66.7 Å². The number of anilines is 1. The van der Waals surface area contributed by atoms with E-state index in [9.17, 15) is 13.2 Å². The monoisotopic (exact) mass is 469 g/mol. The van der Waals surface area contributed by atoms with Gasteiger partial charge in [0.05, 0.1) is 16.6 Å². The van der Waals surface area contributed by atoms with Gasteiger partial charge in [-0.3, -0.25) is 14.1 Å². The van der Waals surface area contributed by atoms with Crippen LogP contribution in [-0.4, -0.2) is 25.9 Å². The summed E-state index contributed by atoms with van der Waals surface area (Å²) >= 11 is 0.